The number of anilines is 1. The van der Waals surface area contributed by atoms with Gasteiger partial charge in [-0.1, -0.05) is 29.5 Å². The van der Waals surface area contributed by atoms with Crippen molar-refractivity contribution in [3.63, 3.8) is 0 Å². The van der Waals surface area contributed by atoms with Gasteiger partial charge in [0.1, 0.15) is 17.8 Å². The molecule has 32 heavy (non-hydrogen) atoms. The van der Waals surface area contributed by atoms with Crippen LogP contribution in [0, 0.1) is 18.8 Å². The Kier molecular flexibility index (Phi) is 6.17. The van der Waals surface area contributed by atoms with Crippen LogP contribution >= 0.6 is 22.9 Å². The lowest BCUT2D eigenvalue weighted by Crippen LogP contribution is -2.22. The minimum atomic E-state index is -0.161. The third-order valence-corrected chi connectivity index (χ3v) is 6.31. The Morgan fingerprint density at radius 1 is 1.22 bits per heavy atom. The van der Waals surface area contributed by atoms with Crippen molar-refractivity contribution in [1.82, 2.24) is 19.9 Å². The fourth-order valence-corrected chi connectivity index (χ4v) is 4.37. The molecule has 162 valence electrons. The average molecular weight is 464 g/mol. The van der Waals surface area contributed by atoms with Crippen molar-refractivity contribution in [2.24, 2.45) is 0 Å². The predicted molar refractivity (Wildman–Crippen MR) is 130 cm³/mol. The van der Waals surface area contributed by atoms with Gasteiger partial charge >= 0.3 is 0 Å². The van der Waals surface area contributed by atoms with E-state index in [2.05, 4.69) is 41.0 Å². The molecule has 8 heteroatoms. The molecule has 1 aromatic carbocycles. The lowest BCUT2D eigenvalue weighted by atomic mass is 10.0. The quantitative estimate of drug-likeness (QED) is 0.419. The molecule has 0 spiro atoms. The van der Waals surface area contributed by atoms with Gasteiger partial charge in [-0.25, -0.2) is 9.97 Å². The van der Waals surface area contributed by atoms with Crippen molar-refractivity contribution >= 4 is 45.7 Å². The Morgan fingerprint density at radius 3 is 2.72 bits per heavy atom. The summed E-state index contributed by atoms with van der Waals surface area (Å²) in [6.45, 7) is 6.55. The first kappa shape index (κ1) is 21.9. The highest BCUT2D eigenvalue weighted by Gasteiger charge is 2.14. The molecule has 6 nitrogen and oxygen atoms in total. The zero-order valence-corrected chi connectivity index (χ0v) is 19.5. The van der Waals surface area contributed by atoms with Crippen molar-refractivity contribution < 1.29 is 4.79 Å². The Morgan fingerprint density at radius 2 is 2.00 bits per heavy atom. The lowest BCUT2D eigenvalue weighted by Gasteiger charge is -2.07. The van der Waals surface area contributed by atoms with E-state index in [4.69, 9.17) is 17.3 Å². The number of carbonyl (C=O) groups excluding carboxylic acids is 1. The monoisotopic (exact) mass is 463 g/mol. The first-order chi connectivity index (χ1) is 15.3. The van der Waals surface area contributed by atoms with Crippen LogP contribution in [-0.2, 0) is 6.54 Å². The summed E-state index contributed by atoms with van der Waals surface area (Å²) in [6, 6.07) is 9.43. The van der Waals surface area contributed by atoms with E-state index in [0.29, 0.717) is 22.3 Å². The summed E-state index contributed by atoms with van der Waals surface area (Å²) < 4.78 is 2.73. The normalized spacial score (nSPS) is 10.9. The minimum absolute atomic E-state index is 0.161. The molecule has 0 radical (unpaired) electrons. The molecule has 0 unspecified atom stereocenters. The number of halogens is 1. The molecule has 1 amide bonds. The van der Waals surface area contributed by atoms with E-state index in [1.807, 2.05) is 35.9 Å². The third-order valence-electron chi connectivity index (χ3n) is 5.08. The lowest BCUT2D eigenvalue weighted by molar-refractivity contribution is 0.0951. The number of hydrogen-bond acceptors (Lipinski definition) is 5. The smallest absolute Gasteiger partial charge is 0.251 e. The van der Waals surface area contributed by atoms with E-state index in [-0.39, 0.29) is 11.9 Å². The van der Waals surface area contributed by atoms with Gasteiger partial charge in [-0.15, -0.1) is 11.3 Å². The molecule has 0 saturated heterocycles. The number of carbonyl (C=O) groups is 1. The summed E-state index contributed by atoms with van der Waals surface area (Å²) in [4.78, 5) is 22.1. The molecular formula is C24H22ClN5OS. The number of thiophene rings is 1. The molecule has 3 aromatic heterocycles. The minimum Gasteiger partial charge on any atom is -0.383 e. The summed E-state index contributed by atoms with van der Waals surface area (Å²) >= 11 is 7.40. The van der Waals surface area contributed by atoms with Crippen molar-refractivity contribution in [2.45, 2.75) is 33.4 Å². The van der Waals surface area contributed by atoms with Crippen molar-refractivity contribution in [2.75, 3.05) is 5.73 Å². The van der Waals surface area contributed by atoms with Crippen LogP contribution in [-0.4, -0.2) is 20.4 Å². The van der Waals surface area contributed by atoms with Gasteiger partial charge in [0.05, 0.1) is 21.8 Å². The molecule has 0 atom stereocenters. The third kappa shape index (κ3) is 4.47. The summed E-state index contributed by atoms with van der Waals surface area (Å²) in [5.74, 6) is 6.66. The molecule has 0 aliphatic carbocycles. The van der Waals surface area contributed by atoms with Crippen LogP contribution in [0.5, 0.6) is 0 Å². The SMILES string of the molecule is Cc1ccc(C(=O)NCc2ccc(Cl)s2)cc1C#Cc1cn(C(C)C)c2ncnc(N)c12. The summed E-state index contributed by atoms with van der Waals surface area (Å²) in [5, 5.41) is 3.67. The molecule has 3 N–H and O–H groups in total. The number of aryl methyl sites for hydroxylation is 1. The Labute approximate surface area is 195 Å². The second kappa shape index (κ2) is 9.03. The van der Waals surface area contributed by atoms with Gasteiger partial charge in [-0.2, -0.15) is 0 Å². The van der Waals surface area contributed by atoms with Crippen LogP contribution in [0.3, 0.4) is 0 Å². The number of amides is 1. The summed E-state index contributed by atoms with van der Waals surface area (Å²) in [7, 11) is 0. The molecular weight excluding hydrogens is 442 g/mol. The van der Waals surface area contributed by atoms with Crippen molar-refractivity contribution in [3.05, 3.63) is 74.3 Å². The largest absolute Gasteiger partial charge is 0.383 e. The molecule has 4 aromatic rings. The van der Waals surface area contributed by atoms with Crippen LogP contribution in [0.25, 0.3) is 11.0 Å². The summed E-state index contributed by atoms with van der Waals surface area (Å²) in [5.41, 5.74) is 9.95. The van der Waals surface area contributed by atoms with Gasteiger partial charge in [0.15, 0.2) is 0 Å². The second-order valence-electron chi connectivity index (χ2n) is 7.67. The molecule has 0 bridgehead atoms. The van der Waals surface area contributed by atoms with Gasteiger partial charge in [0.2, 0.25) is 0 Å². The van der Waals surface area contributed by atoms with Crippen LogP contribution in [0.1, 0.15) is 51.8 Å². The molecule has 4 rings (SSSR count). The highest BCUT2D eigenvalue weighted by atomic mass is 35.5. The molecule has 0 saturated carbocycles. The van der Waals surface area contributed by atoms with Gasteiger partial charge in [-0.05, 0) is 50.6 Å². The van der Waals surface area contributed by atoms with E-state index in [0.717, 1.165) is 32.6 Å². The van der Waals surface area contributed by atoms with E-state index < -0.39 is 0 Å². The predicted octanol–water partition coefficient (Wildman–Crippen LogP) is 4.95. The standard InChI is InChI=1S/C24H22ClN5OS/c1-14(2)30-12-18(21-22(26)28-13-29-23(21)30)7-6-16-10-17(5-4-15(16)3)24(31)27-11-19-8-9-20(25)32-19/h4-5,8-10,12-14H,11H2,1-3H3,(H,27,31)(H2,26,28,29). The van der Waals surface area contributed by atoms with Crippen LogP contribution in [0.4, 0.5) is 5.82 Å². The number of nitrogens with two attached hydrogens (primary N) is 1. The highest BCUT2D eigenvalue weighted by Crippen LogP contribution is 2.26. The Hall–Kier alpha value is -3.34. The zero-order valence-electron chi connectivity index (χ0n) is 17.9. The first-order valence-corrected chi connectivity index (χ1v) is 11.3. The molecule has 0 fully saturated rings. The van der Waals surface area contributed by atoms with Crippen molar-refractivity contribution in [3.8, 4) is 11.8 Å². The number of nitrogens with one attached hydrogen (secondary N) is 1. The highest BCUT2D eigenvalue weighted by molar-refractivity contribution is 7.16. The Balaban J connectivity index is 1.63. The van der Waals surface area contributed by atoms with E-state index >= 15 is 0 Å². The van der Waals surface area contributed by atoms with Gasteiger partial charge in [0.25, 0.3) is 5.91 Å². The van der Waals surface area contributed by atoms with E-state index in [1.54, 1.807) is 12.1 Å². The van der Waals surface area contributed by atoms with Crippen molar-refractivity contribution in [1.29, 1.82) is 0 Å². The van der Waals surface area contributed by atoms with E-state index in [9.17, 15) is 4.79 Å². The maximum absolute atomic E-state index is 12.6. The topological polar surface area (TPSA) is 85.8 Å². The molecule has 0 aliphatic rings. The number of rotatable bonds is 4. The first-order valence-electron chi connectivity index (χ1n) is 10.1. The van der Waals surface area contributed by atoms with Crippen LogP contribution in [0.2, 0.25) is 4.34 Å². The van der Waals surface area contributed by atoms with Gasteiger partial charge < -0.3 is 15.6 Å². The average Bonchev–Trinajstić information content (AvgIpc) is 3.35. The maximum atomic E-state index is 12.6. The maximum Gasteiger partial charge on any atom is 0.251 e. The molecule has 0 aliphatic heterocycles. The summed E-state index contributed by atoms with van der Waals surface area (Å²) in [6.07, 6.45) is 3.41. The van der Waals surface area contributed by atoms with E-state index in [1.165, 1.54) is 17.7 Å². The fourth-order valence-electron chi connectivity index (χ4n) is 3.35. The number of nitrogens with zero attached hydrogens (tertiary/aromatic N) is 3. The zero-order chi connectivity index (χ0) is 22.8. The number of nitrogen functional groups attached to an aromatic ring is 1. The van der Waals surface area contributed by atoms with Gasteiger partial charge in [-0.3, -0.25) is 4.79 Å². The number of benzene rings is 1. The number of hydrogen-bond donors (Lipinski definition) is 2. The second-order valence-corrected chi connectivity index (χ2v) is 9.47. The van der Waals surface area contributed by atoms with Gasteiger partial charge in [0, 0.05) is 28.2 Å². The number of fused-ring (bicyclic) bond motifs is 1. The Bertz CT molecular complexity index is 1380. The number of aromatic nitrogens is 3. The fraction of sp³-hybridized carbons (Fsp3) is 0.208. The van der Waals surface area contributed by atoms with Crippen LogP contribution < -0.4 is 11.1 Å². The molecule has 3 heterocycles. The van der Waals surface area contributed by atoms with Crippen LogP contribution in [0.15, 0.2) is 42.9 Å².